The molecule has 1 unspecified atom stereocenters. The molecular weight excluding hydrogens is 400 g/mol. The minimum atomic E-state index is -3.58. The standard InChI is InChI=1S/C18H14F8O2/c1-4-5-7-9(19)11(21)8(12(22)10(7)20)6-28-14(27)13-17(2,3)18(13,15(23)24)16(25)26/h1,13,15-16H,5-6H2,2-3H3. The molecule has 2 rings (SSSR count). The second kappa shape index (κ2) is 7.26. The van der Waals surface area contributed by atoms with Crippen molar-refractivity contribution < 1.29 is 44.7 Å². The van der Waals surface area contributed by atoms with E-state index in [1.54, 1.807) is 0 Å². The van der Waals surface area contributed by atoms with Gasteiger partial charge in [-0.2, -0.15) is 0 Å². The van der Waals surface area contributed by atoms with Crippen molar-refractivity contribution in [1.29, 1.82) is 0 Å². The van der Waals surface area contributed by atoms with Gasteiger partial charge < -0.3 is 4.74 Å². The summed E-state index contributed by atoms with van der Waals surface area (Å²) in [5.74, 6) is -9.12. The van der Waals surface area contributed by atoms with Crippen molar-refractivity contribution in [3.8, 4) is 12.3 Å². The van der Waals surface area contributed by atoms with Gasteiger partial charge in [-0.1, -0.05) is 13.8 Å². The topological polar surface area (TPSA) is 26.3 Å². The van der Waals surface area contributed by atoms with Gasteiger partial charge in [-0.25, -0.2) is 35.1 Å². The van der Waals surface area contributed by atoms with Gasteiger partial charge in [-0.3, -0.25) is 4.79 Å². The first kappa shape index (κ1) is 22.0. The maximum absolute atomic E-state index is 14.0. The number of ether oxygens (including phenoxy) is 1. The number of rotatable bonds is 6. The van der Waals surface area contributed by atoms with Gasteiger partial charge >= 0.3 is 5.97 Å². The average Bonchev–Trinajstić information content (AvgIpc) is 3.15. The highest BCUT2D eigenvalue weighted by atomic mass is 19.3. The fourth-order valence-corrected chi connectivity index (χ4v) is 3.56. The highest BCUT2D eigenvalue weighted by Crippen LogP contribution is 2.74. The highest BCUT2D eigenvalue weighted by Gasteiger charge is 2.83. The zero-order chi connectivity index (χ0) is 21.6. The lowest BCUT2D eigenvalue weighted by atomic mass is 9.97. The summed E-state index contributed by atoms with van der Waals surface area (Å²) >= 11 is 0. The fraction of sp³-hybridized carbons (Fsp3) is 0.500. The Kier molecular flexibility index (Phi) is 5.70. The molecule has 0 heterocycles. The smallest absolute Gasteiger partial charge is 0.310 e. The molecule has 1 aromatic carbocycles. The zero-order valence-electron chi connectivity index (χ0n) is 14.6. The Labute approximate surface area is 154 Å². The third kappa shape index (κ3) is 2.91. The van der Waals surface area contributed by atoms with E-state index in [0.29, 0.717) is 0 Å². The molecule has 1 fully saturated rings. The summed E-state index contributed by atoms with van der Waals surface area (Å²) in [6.45, 7) is 0.606. The first-order chi connectivity index (χ1) is 12.9. The number of carbonyl (C=O) groups excluding carboxylic acids is 1. The van der Waals surface area contributed by atoms with Crippen LogP contribution in [-0.4, -0.2) is 18.8 Å². The largest absolute Gasteiger partial charge is 0.460 e. The second-order valence-corrected chi connectivity index (χ2v) is 6.89. The quantitative estimate of drug-likeness (QED) is 0.294. The molecule has 1 saturated carbocycles. The van der Waals surface area contributed by atoms with E-state index in [9.17, 15) is 39.9 Å². The lowest BCUT2D eigenvalue weighted by molar-refractivity contribution is -0.151. The van der Waals surface area contributed by atoms with Crippen LogP contribution in [0.15, 0.2) is 0 Å². The summed E-state index contributed by atoms with van der Waals surface area (Å²) in [5.41, 5.74) is -7.24. The summed E-state index contributed by atoms with van der Waals surface area (Å²) in [5, 5.41) is 0. The van der Waals surface area contributed by atoms with Crippen molar-refractivity contribution in [2.75, 3.05) is 0 Å². The Bertz CT molecular complexity index is 804. The Morgan fingerprint density at radius 2 is 1.43 bits per heavy atom. The number of carbonyl (C=O) groups is 1. The normalized spacial score (nSPS) is 19.6. The van der Waals surface area contributed by atoms with Gasteiger partial charge in [0.15, 0.2) is 23.3 Å². The van der Waals surface area contributed by atoms with Crippen molar-refractivity contribution >= 4 is 5.97 Å². The molecule has 1 aromatic rings. The number of hydrogen-bond acceptors (Lipinski definition) is 2. The molecule has 0 spiro atoms. The van der Waals surface area contributed by atoms with Crippen LogP contribution < -0.4 is 0 Å². The number of terminal acetylenes is 1. The molecule has 1 atom stereocenters. The minimum absolute atomic E-state index is 0.757. The van der Waals surface area contributed by atoms with E-state index >= 15 is 0 Å². The fourth-order valence-electron chi connectivity index (χ4n) is 3.56. The van der Waals surface area contributed by atoms with Gasteiger partial charge in [0.2, 0.25) is 0 Å². The average molecular weight is 414 g/mol. The zero-order valence-corrected chi connectivity index (χ0v) is 14.6. The summed E-state index contributed by atoms with van der Waals surface area (Å²) in [7, 11) is 0. The predicted molar refractivity (Wildman–Crippen MR) is 80.3 cm³/mol. The Balaban J connectivity index is 2.29. The first-order valence-electron chi connectivity index (χ1n) is 7.87. The van der Waals surface area contributed by atoms with Gasteiger partial charge in [-0.15, -0.1) is 12.3 Å². The van der Waals surface area contributed by atoms with Crippen molar-refractivity contribution in [2.45, 2.75) is 39.7 Å². The van der Waals surface area contributed by atoms with Crippen LogP contribution in [0.5, 0.6) is 0 Å². The lowest BCUT2D eigenvalue weighted by Gasteiger charge is -2.17. The number of hydrogen-bond donors (Lipinski definition) is 0. The molecule has 0 saturated heterocycles. The van der Waals surface area contributed by atoms with Crippen molar-refractivity contribution in [2.24, 2.45) is 16.7 Å². The van der Waals surface area contributed by atoms with Crippen LogP contribution in [0.4, 0.5) is 35.1 Å². The predicted octanol–water partition coefficient (Wildman–Crippen LogP) is 4.63. The molecule has 0 aromatic heterocycles. The second-order valence-electron chi connectivity index (χ2n) is 6.89. The molecule has 0 amide bonds. The molecule has 28 heavy (non-hydrogen) atoms. The van der Waals surface area contributed by atoms with Crippen LogP contribution in [0.1, 0.15) is 25.0 Å². The van der Waals surface area contributed by atoms with Gasteiger partial charge in [0, 0.05) is 12.0 Å². The van der Waals surface area contributed by atoms with Gasteiger partial charge in [0.25, 0.3) is 12.9 Å². The molecule has 0 bridgehead atoms. The van der Waals surface area contributed by atoms with Crippen LogP contribution in [0.25, 0.3) is 0 Å². The third-order valence-corrected chi connectivity index (χ3v) is 5.27. The minimum Gasteiger partial charge on any atom is -0.460 e. The molecule has 1 aliphatic rings. The SMILES string of the molecule is C#CCc1c(F)c(F)c(COC(=O)C2C(C)(C)C2(C(F)F)C(F)F)c(F)c1F. The monoisotopic (exact) mass is 414 g/mol. The van der Waals surface area contributed by atoms with Crippen molar-refractivity contribution in [3.05, 3.63) is 34.4 Å². The molecule has 154 valence electrons. The van der Waals surface area contributed by atoms with Gasteiger partial charge in [0.05, 0.1) is 11.5 Å². The van der Waals surface area contributed by atoms with Gasteiger partial charge in [-0.05, 0) is 5.41 Å². The van der Waals surface area contributed by atoms with Crippen LogP contribution >= 0.6 is 0 Å². The van der Waals surface area contributed by atoms with E-state index in [-0.39, 0.29) is 0 Å². The molecule has 1 aliphatic carbocycles. The number of esters is 1. The van der Waals surface area contributed by atoms with E-state index in [2.05, 4.69) is 4.74 Å². The van der Waals surface area contributed by atoms with E-state index in [1.165, 1.54) is 0 Å². The van der Waals surface area contributed by atoms with Crippen molar-refractivity contribution in [1.82, 2.24) is 0 Å². The Morgan fingerprint density at radius 3 is 1.79 bits per heavy atom. The van der Waals surface area contributed by atoms with Crippen LogP contribution in [0, 0.1) is 52.4 Å². The molecular formula is C18H14F8O2. The summed E-state index contributed by atoms with van der Waals surface area (Å²) in [4.78, 5) is 12.0. The maximum Gasteiger partial charge on any atom is 0.310 e. The number of alkyl halides is 4. The van der Waals surface area contributed by atoms with Crippen molar-refractivity contribution in [3.63, 3.8) is 0 Å². The van der Waals surface area contributed by atoms with Crippen LogP contribution in [0.2, 0.25) is 0 Å². The van der Waals surface area contributed by atoms with Gasteiger partial charge in [0.1, 0.15) is 12.0 Å². The van der Waals surface area contributed by atoms with E-state index in [4.69, 9.17) is 6.42 Å². The van der Waals surface area contributed by atoms with E-state index in [0.717, 1.165) is 13.8 Å². The lowest BCUT2D eigenvalue weighted by Crippen LogP contribution is -2.29. The van der Waals surface area contributed by atoms with E-state index in [1.807, 2.05) is 5.92 Å². The third-order valence-electron chi connectivity index (χ3n) is 5.27. The van der Waals surface area contributed by atoms with Crippen LogP contribution in [0.3, 0.4) is 0 Å². The Morgan fingerprint density at radius 1 is 1.00 bits per heavy atom. The molecule has 0 radical (unpaired) electrons. The molecule has 0 N–H and O–H groups in total. The molecule has 2 nitrogen and oxygen atoms in total. The molecule has 10 heteroatoms. The number of halogens is 8. The number of benzene rings is 1. The summed E-state index contributed by atoms with van der Waals surface area (Å²) < 4.78 is 113. The molecule has 0 aliphatic heterocycles. The van der Waals surface area contributed by atoms with E-state index < -0.39 is 83.0 Å². The van der Waals surface area contributed by atoms with Crippen LogP contribution in [-0.2, 0) is 22.6 Å². The Hall–Kier alpha value is -2.31. The first-order valence-corrected chi connectivity index (χ1v) is 7.87. The highest BCUT2D eigenvalue weighted by molar-refractivity contribution is 5.79. The summed E-state index contributed by atoms with van der Waals surface area (Å²) in [6.07, 6.45) is -3.06. The summed E-state index contributed by atoms with van der Waals surface area (Å²) in [6, 6.07) is 0. The maximum atomic E-state index is 14.0.